The molecule has 0 bridgehead atoms. The zero-order chi connectivity index (χ0) is 14.2. The molecule has 0 aromatic heterocycles. The molecule has 2 heteroatoms. The number of hydrogen-bond donors (Lipinski definition) is 1. The van der Waals surface area contributed by atoms with E-state index >= 15 is 0 Å². The average molecular weight is 274 g/mol. The first-order valence-electron chi connectivity index (χ1n) is 7.99. The Morgan fingerprint density at radius 2 is 2.05 bits per heavy atom. The van der Waals surface area contributed by atoms with E-state index in [-0.39, 0.29) is 6.10 Å². The molecule has 1 aromatic carbocycles. The number of aliphatic hydroxyl groups is 1. The second kappa shape index (κ2) is 5.50. The van der Waals surface area contributed by atoms with Crippen LogP contribution in [0.1, 0.15) is 56.8 Å². The Morgan fingerprint density at radius 1 is 1.25 bits per heavy atom. The van der Waals surface area contributed by atoms with Crippen molar-refractivity contribution in [3.05, 3.63) is 35.4 Å². The van der Waals surface area contributed by atoms with Crippen LogP contribution in [0.25, 0.3) is 0 Å². The van der Waals surface area contributed by atoms with E-state index in [1.165, 1.54) is 11.1 Å². The Morgan fingerprint density at radius 3 is 2.85 bits per heavy atom. The van der Waals surface area contributed by atoms with Gasteiger partial charge < -0.3 is 9.84 Å². The standard InChI is InChI=1S/C18H26O2/c1-13-7-9-18(19,11-14(13)2)12-17-16-6-4-3-5-15(16)8-10-20-17/h3-6,13-14,17,19H,7-12H2,1-2H3. The maximum Gasteiger partial charge on any atom is 0.0855 e. The Hall–Kier alpha value is -0.860. The molecule has 0 spiro atoms. The van der Waals surface area contributed by atoms with Crippen molar-refractivity contribution < 1.29 is 9.84 Å². The second-order valence-electron chi connectivity index (χ2n) is 6.93. The van der Waals surface area contributed by atoms with Crippen LogP contribution in [-0.2, 0) is 11.2 Å². The van der Waals surface area contributed by atoms with Gasteiger partial charge in [-0.25, -0.2) is 0 Å². The van der Waals surface area contributed by atoms with Crippen molar-refractivity contribution in [3.8, 4) is 0 Å². The van der Waals surface area contributed by atoms with Gasteiger partial charge in [0.05, 0.1) is 18.3 Å². The molecule has 1 heterocycles. The van der Waals surface area contributed by atoms with Gasteiger partial charge in [-0.2, -0.15) is 0 Å². The van der Waals surface area contributed by atoms with E-state index < -0.39 is 5.60 Å². The minimum absolute atomic E-state index is 0.0746. The maximum atomic E-state index is 11.0. The molecule has 2 aliphatic rings. The molecule has 3 rings (SSSR count). The zero-order valence-corrected chi connectivity index (χ0v) is 12.6. The van der Waals surface area contributed by atoms with Gasteiger partial charge in [0.2, 0.25) is 0 Å². The van der Waals surface area contributed by atoms with Crippen LogP contribution < -0.4 is 0 Å². The van der Waals surface area contributed by atoms with Crippen molar-refractivity contribution in [1.29, 1.82) is 0 Å². The number of fused-ring (bicyclic) bond motifs is 1. The lowest BCUT2D eigenvalue weighted by Crippen LogP contribution is -2.40. The summed E-state index contributed by atoms with van der Waals surface area (Å²) in [7, 11) is 0. The van der Waals surface area contributed by atoms with E-state index in [9.17, 15) is 5.11 Å². The quantitative estimate of drug-likeness (QED) is 0.887. The maximum absolute atomic E-state index is 11.0. The van der Waals surface area contributed by atoms with Gasteiger partial charge in [-0.05, 0) is 48.6 Å². The molecule has 0 saturated heterocycles. The van der Waals surface area contributed by atoms with Crippen LogP contribution in [-0.4, -0.2) is 17.3 Å². The summed E-state index contributed by atoms with van der Waals surface area (Å²) in [5.74, 6) is 1.34. The lowest BCUT2D eigenvalue weighted by molar-refractivity contribution is -0.0814. The minimum atomic E-state index is -0.541. The predicted molar refractivity (Wildman–Crippen MR) is 80.6 cm³/mol. The van der Waals surface area contributed by atoms with Crippen molar-refractivity contribution in [1.82, 2.24) is 0 Å². The van der Waals surface area contributed by atoms with E-state index in [4.69, 9.17) is 4.74 Å². The van der Waals surface area contributed by atoms with Crippen LogP contribution in [0.4, 0.5) is 0 Å². The molecule has 2 nitrogen and oxygen atoms in total. The molecule has 0 amide bonds. The molecule has 1 aromatic rings. The number of ether oxygens (including phenoxy) is 1. The highest BCUT2D eigenvalue weighted by Crippen LogP contribution is 2.43. The third-order valence-electron chi connectivity index (χ3n) is 5.40. The summed E-state index contributed by atoms with van der Waals surface area (Å²) in [5.41, 5.74) is 2.14. The summed E-state index contributed by atoms with van der Waals surface area (Å²) in [4.78, 5) is 0. The zero-order valence-electron chi connectivity index (χ0n) is 12.6. The Kier molecular flexibility index (Phi) is 3.87. The fraction of sp³-hybridized carbons (Fsp3) is 0.667. The predicted octanol–water partition coefficient (Wildman–Crippen LogP) is 3.88. The van der Waals surface area contributed by atoms with Crippen molar-refractivity contribution in [2.75, 3.05) is 6.61 Å². The summed E-state index contributed by atoms with van der Waals surface area (Å²) in [6.07, 6.45) is 4.79. The van der Waals surface area contributed by atoms with E-state index in [2.05, 4.69) is 38.1 Å². The summed E-state index contributed by atoms with van der Waals surface area (Å²) in [6, 6.07) is 8.54. The van der Waals surface area contributed by atoms with E-state index in [0.29, 0.717) is 5.92 Å². The lowest BCUT2D eigenvalue weighted by Gasteiger charge is -2.41. The van der Waals surface area contributed by atoms with E-state index in [1.807, 2.05) is 0 Å². The van der Waals surface area contributed by atoms with Gasteiger partial charge >= 0.3 is 0 Å². The molecule has 4 atom stereocenters. The van der Waals surface area contributed by atoms with Gasteiger partial charge in [0.1, 0.15) is 0 Å². The Balaban J connectivity index is 1.75. The summed E-state index contributed by atoms with van der Waals surface area (Å²) >= 11 is 0. The molecule has 1 aliphatic carbocycles. The average Bonchev–Trinajstić information content (AvgIpc) is 2.44. The number of rotatable bonds is 2. The highest BCUT2D eigenvalue weighted by atomic mass is 16.5. The molecular formula is C18H26O2. The van der Waals surface area contributed by atoms with Crippen molar-refractivity contribution >= 4 is 0 Å². The first-order valence-corrected chi connectivity index (χ1v) is 7.99. The molecule has 0 radical (unpaired) electrons. The van der Waals surface area contributed by atoms with Gasteiger partial charge in [-0.3, -0.25) is 0 Å². The fourth-order valence-electron chi connectivity index (χ4n) is 3.86. The SMILES string of the molecule is CC1CCC(O)(CC2OCCc3ccccc32)CC1C. The number of benzene rings is 1. The van der Waals surface area contributed by atoms with Gasteiger partial charge in [0, 0.05) is 6.42 Å². The topological polar surface area (TPSA) is 29.5 Å². The fourth-order valence-corrected chi connectivity index (χ4v) is 3.86. The molecule has 110 valence electrons. The van der Waals surface area contributed by atoms with Gasteiger partial charge in [-0.1, -0.05) is 38.1 Å². The van der Waals surface area contributed by atoms with Crippen LogP contribution >= 0.6 is 0 Å². The molecule has 1 fully saturated rings. The Labute approximate surface area is 122 Å². The third-order valence-corrected chi connectivity index (χ3v) is 5.40. The Bertz CT molecular complexity index is 470. The van der Waals surface area contributed by atoms with E-state index in [0.717, 1.165) is 44.6 Å². The van der Waals surface area contributed by atoms with Crippen molar-refractivity contribution in [2.24, 2.45) is 11.8 Å². The van der Waals surface area contributed by atoms with Crippen LogP contribution in [0, 0.1) is 11.8 Å². The first kappa shape index (κ1) is 14.1. The summed E-state index contributed by atoms with van der Waals surface area (Å²) < 4.78 is 5.97. The summed E-state index contributed by atoms with van der Waals surface area (Å²) in [5, 5.41) is 11.0. The summed E-state index contributed by atoms with van der Waals surface area (Å²) in [6.45, 7) is 5.35. The highest BCUT2D eigenvalue weighted by Gasteiger charge is 2.39. The van der Waals surface area contributed by atoms with Crippen LogP contribution in [0.5, 0.6) is 0 Å². The smallest absolute Gasteiger partial charge is 0.0855 e. The largest absolute Gasteiger partial charge is 0.390 e. The van der Waals surface area contributed by atoms with Gasteiger partial charge in [-0.15, -0.1) is 0 Å². The van der Waals surface area contributed by atoms with Crippen molar-refractivity contribution in [3.63, 3.8) is 0 Å². The monoisotopic (exact) mass is 274 g/mol. The van der Waals surface area contributed by atoms with E-state index in [1.54, 1.807) is 0 Å². The van der Waals surface area contributed by atoms with Crippen LogP contribution in [0.3, 0.4) is 0 Å². The molecule has 1 aliphatic heterocycles. The number of hydrogen-bond acceptors (Lipinski definition) is 2. The van der Waals surface area contributed by atoms with Crippen LogP contribution in [0.15, 0.2) is 24.3 Å². The highest BCUT2D eigenvalue weighted by molar-refractivity contribution is 5.31. The molecule has 4 unspecified atom stereocenters. The lowest BCUT2D eigenvalue weighted by atomic mass is 9.70. The molecule has 1 saturated carbocycles. The normalized spacial score (nSPS) is 37.5. The molecule has 1 N–H and O–H groups in total. The van der Waals surface area contributed by atoms with Crippen molar-refractivity contribution in [2.45, 2.75) is 57.7 Å². The van der Waals surface area contributed by atoms with Crippen LogP contribution in [0.2, 0.25) is 0 Å². The van der Waals surface area contributed by atoms with Gasteiger partial charge in [0.15, 0.2) is 0 Å². The molecule has 20 heavy (non-hydrogen) atoms. The minimum Gasteiger partial charge on any atom is -0.390 e. The molecular weight excluding hydrogens is 248 g/mol. The third kappa shape index (κ3) is 2.77. The second-order valence-corrected chi connectivity index (χ2v) is 6.93. The van der Waals surface area contributed by atoms with Gasteiger partial charge in [0.25, 0.3) is 0 Å². The first-order chi connectivity index (χ1) is 9.57.